The summed E-state index contributed by atoms with van der Waals surface area (Å²) in [4.78, 5) is 27.3. The Morgan fingerprint density at radius 3 is 2.76 bits per heavy atom. The number of H-pyrrole nitrogens is 2. The molecule has 1 amide bonds. The van der Waals surface area contributed by atoms with E-state index in [4.69, 9.17) is 4.98 Å². The minimum absolute atomic E-state index is 0.0191. The molecule has 4 aromatic heterocycles. The molecule has 0 unspecified atom stereocenters. The number of unbranched alkanes of at least 4 members (excludes halogenated alkanes) is 1. The van der Waals surface area contributed by atoms with E-state index in [2.05, 4.69) is 49.4 Å². The van der Waals surface area contributed by atoms with Crippen molar-refractivity contribution in [2.45, 2.75) is 45.4 Å². The first-order valence-electron chi connectivity index (χ1n) is 13.2. The highest BCUT2D eigenvalue weighted by Gasteiger charge is 2.18. The Kier molecular flexibility index (Phi) is 6.30. The molecule has 0 saturated carbocycles. The molecule has 8 heteroatoms. The number of piperidine rings is 1. The number of aromatic amines is 2. The lowest BCUT2D eigenvalue weighted by Gasteiger charge is -2.28. The van der Waals surface area contributed by atoms with Crippen LogP contribution in [0, 0.1) is 0 Å². The van der Waals surface area contributed by atoms with Crippen molar-refractivity contribution in [1.82, 2.24) is 25.1 Å². The van der Waals surface area contributed by atoms with Gasteiger partial charge in [0.25, 0.3) is 0 Å². The number of anilines is 2. The number of hydrogen-bond donors (Lipinski definition) is 3. The van der Waals surface area contributed by atoms with Crippen LogP contribution in [-0.2, 0) is 4.79 Å². The van der Waals surface area contributed by atoms with E-state index in [0.29, 0.717) is 12.1 Å². The molecule has 37 heavy (non-hydrogen) atoms. The van der Waals surface area contributed by atoms with E-state index >= 15 is 0 Å². The number of nitrogens with one attached hydrogen (secondary N) is 3. The molecule has 0 spiro atoms. The lowest BCUT2D eigenvalue weighted by Crippen LogP contribution is -2.30. The van der Waals surface area contributed by atoms with Crippen molar-refractivity contribution in [3.63, 3.8) is 0 Å². The first-order chi connectivity index (χ1) is 18.2. The van der Waals surface area contributed by atoms with Crippen LogP contribution in [0.3, 0.4) is 0 Å². The van der Waals surface area contributed by atoms with Crippen molar-refractivity contribution in [3.8, 4) is 22.5 Å². The van der Waals surface area contributed by atoms with Gasteiger partial charge in [-0.25, -0.2) is 4.98 Å². The quantitative estimate of drug-likeness (QED) is 0.247. The third kappa shape index (κ3) is 4.67. The number of hydrogen-bond acceptors (Lipinski definition) is 5. The first kappa shape index (κ1) is 23.2. The summed E-state index contributed by atoms with van der Waals surface area (Å²) in [5.74, 6) is 1.06. The molecule has 6 rings (SSSR count). The molecule has 0 atom stereocenters. The number of amides is 1. The van der Waals surface area contributed by atoms with Crippen LogP contribution in [-0.4, -0.2) is 44.1 Å². The van der Waals surface area contributed by atoms with Gasteiger partial charge in [0.2, 0.25) is 5.91 Å². The molecule has 1 aromatic carbocycles. The summed E-state index contributed by atoms with van der Waals surface area (Å²) in [5.41, 5.74) is 6.51. The predicted octanol–water partition coefficient (Wildman–Crippen LogP) is 6.29. The minimum atomic E-state index is 0.0191. The predicted molar refractivity (Wildman–Crippen MR) is 149 cm³/mol. The van der Waals surface area contributed by atoms with Gasteiger partial charge in [0, 0.05) is 48.2 Å². The average molecular weight is 494 g/mol. The number of rotatable bonds is 7. The minimum Gasteiger partial charge on any atom is -0.356 e. The van der Waals surface area contributed by atoms with Crippen LogP contribution in [0.2, 0.25) is 0 Å². The highest BCUT2D eigenvalue weighted by atomic mass is 16.1. The third-order valence-electron chi connectivity index (χ3n) is 7.11. The van der Waals surface area contributed by atoms with E-state index in [0.717, 1.165) is 76.1 Å². The Bertz CT molecular complexity index is 1560. The lowest BCUT2D eigenvalue weighted by molar-refractivity contribution is -0.116. The van der Waals surface area contributed by atoms with Crippen LogP contribution in [0.25, 0.3) is 44.3 Å². The van der Waals surface area contributed by atoms with Crippen molar-refractivity contribution >= 4 is 39.2 Å². The van der Waals surface area contributed by atoms with Crippen LogP contribution in [0.15, 0.2) is 55.0 Å². The van der Waals surface area contributed by atoms with E-state index < -0.39 is 0 Å². The summed E-state index contributed by atoms with van der Waals surface area (Å²) in [6, 6.07) is 12.4. The Hall–Kier alpha value is -4.20. The van der Waals surface area contributed by atoms with Gasteiger partial charge < -0.3 is 15.2 Å². The van der Waals surface area contributed by atoms with Gasteiger partial charge in [-0.3, -0.25) is 14.9 Å². The SMILES string of the molecule is CCCCC(=O)Nc1cncc(-c2ccc3[nH]nc(-c4cc5c(N6CCCCC6)nccc5[nH]4)c3c2)c1. The number of carbonyl (C=O) groups excluding carboxylic acids is 1. The summed E-state index contributed by atoms with van der Waals surface area (Å²) in [5, 5.41) is 13.0. The lowest BCUT2D eigenvalue weighted by atomic mass is 10.0. The third-order valence-corrected chi connectivity index (χ3v) is 7.11. The fourth-order valence-corrected chi connectivity index (χ4v) is 5.15. The van der Waals surface area contributed by atoms with Gasteiger partial charge in [-0.15, -0.1) is 0 Å². The summed E-state index contributed by atoms with van der Waals surface area (Å²) in [6.07, 6.45) is 11.5. The van der Waals surface area contributed by atoms with Gasteiger partial charge in [0.05, 0.1) is 28.6 Å². The fraction of sp³-hybridized carbons (Fsp3) is 0.310. The van der Waals surface area contributed by atoms with Gasteiger partial charge in [0.1, 0.15) is 11.5 Å². The van der Waals surface area contributed by atoms with Crippen LogP contribution >= 0.6 is 0 Å². The Morgan fingerprint density at radius 1 is 1.00 bits per heavy atom. The standard InChI is InChI=1S/C29H31N7O/c1-2-3-7-27(37)32-21-14-20(17-30-18-21)19-8-9-25-22(15-19)28(35-34-25)26-16-23-24(33-26)10-11-31-29(23)36-12-5-4-6-13-36/h8-11,14-18,33H,2-7,12-13H2,1H3,(H,32,37)(H,34,35). The molecular weight excluding hydrogens is 462 g/mol. The second-order valence-corrected chi connectivity index (χ2v) is 9.77. The Labute approximate surface area is 215 Å². The van der Waals surface area contributed by atoms with Crippen molar-refractivity contribution in [2.24, 2.45) is 0 Å². The topological polar surface area (TPSA) is 103 Å². The average Bonchev–Trinajstić information content (AvgIpc) is 3.56. The molecule has 5 heterocycles. The fourth-order valence-electron chi connectivity index (χ4n) is 5.15. The number of carbonyl (C=O) groups is 1. The summed E-state index contributed by atoms with van der Waals surface area (Å²) in [7, 11) is 0. The second kappa shape index (κ2) is 10.0. The molecule has 3 N–H and O–H groups in total. The van der Waals surface area contributed by atoms with Gasteiger partial charge in [0.15, 0.2) is 0 Å². The van der Waals surface area contributed by atoms with Crippen LogP contribution in [0.4, 0.5) is 11.5 Å². The highest BCUT2D eigenvalue weighted by molar-refractivity contribution is 6.00. The number of pyridine rings is 2. The molecule has 8 nitrogen and oxygen atoms in total. The molecule has 5 aromatic rings. The maximum Gasteiger partial charge on any atom is 0.224 e. The Balaban J connectivity index is 1.34. The van der Waals surface area contributed by atoms with Gasteiger partial charge in [-0.05, 0) is 61.6 Å². The van der Waals surface area contributed by atoms with E-state index in [1.165, 1.54) is 19.3 Å². The molecule has 188 valence electrons. The first-order valence-corrected chi connectivity index (χ1v) is 13.2. The molecule has 1 aliphatic heterocycles. The maximum absolute atomic E-state index is 12.2. The maximum atomic E-state index is 12.2. The van der Waals surface area contributed by atoms with Crippen molar-refractivity contribution in [1.29, 1.82) is 0 Å². The molecule has 0 bridgehead atoms. The molecule has 1 fully saturated rings. The number of fused-ring (bicyclic) bond motifs is 2. The zero-order chi connectivity index (χ0) is 25.2. The normalized spacial score (nSPS) is 13.9. The second-order valence-electron chi connectivity index (χ2n) is 9.77. The summed E-state index contributed by atoms with van der Waals surface area (Å²) in [6.45, 7) is 4.18. The molecule has 0 aliphatic carbocycles. The largest absolute Gasteiger partial charge is 0.356 e. The zero-order valence-corrected chi connectivity index (χ0v) is 21.1. The molecular formula is C29H31N7O. The van der Waals surface area contributed by atoms with Crippen LogP contribution in [0.1, 0.15) is 45.4 Å². The van der Waals surface area contributed by atoms with Crippen molar-refractivity contribution in [3.05, 3.63) is 55.0 Å². The van der Waals surface area contributed by atoms with Crippen molar-refractivity contribution in [2.75, 3.05) is 23.3 Å². The smallest absolute Gasteiger partial charge is 0.224 e. The van der Waals surface area contributed by atoms with Crippen molar-refractivity contribution < 1.29 is 4.79 Å². The van der Waals surface area contributed by atoms with E-state index in [-0.39, 0.29) is 5.91 Å². The van der Waals surface area contributed by atoms with Crippen LogP contribution < -0.4 is 10.2 Å². The zero-order valence-electron chi connectivity index (χ0n) is 21.1. The number of nitrogens with zero attached hydrogens (tertiary/aromatic N) is 4. The summed E-state index contributed by atoms with van der Waals surface area (Å²) >= 11 is 0. The molecule has 0 radical (unpaired) electrons. The monoisotopic (exact) mass is 493 g/mol. The Morgan fingerprint density at radius 2 is 1.89 bits per heavy atom. The molecule has 1 saturated heterocycles. The van der Waals surface area contributed by atoms with E-state index in [9.17, 15) is 4.79 Å². The highest BCUT2D eigenvalue weighted by Crippen LogP contribution is 2.34. The van der Waals surface area contributed by atoms with E-state index in [1.807, 2.05) is 36.7 Å². The number of aromatic nitrogens is 5. The van der Waals surface area contributed by atoms with E-state index in [1.54, 1.807) is 6.20 Å². The van der Waals surface area contributed by atoms with Crippen LogP contribution in [0.5, 0.6) is 0 Å². The number of benzene rings is 1. The molecule has 1 aliphatic rings. The van der Waals surface area contributed by atoms with Gasteiger partial charge >= 0.3 is 0 Å². The summed E-state index contributed by atoms with van der Waals surface area (Å²) < 4.78 is 0. The van der Waals surface area contributed by atoms with Gasteiger partial charge in [-0.2, -0.15) is 5.10 Å². The van der Waals surface area contributed by atoms with Gasteiger partial charge in [-0.1, -0.05) is 19.4 Å².